The van der Waals surface area contributed by atoms with E-state index >= 15 is 0 Å². The second kappa shape index (κ2) is 6.90. The average Bonchev–Trinajstić information content (AvgIpc) is 2.96. The Morgan fingerprint density at radius 1 is 1.33 bits per heavy atom. The number of nitrogens with zero attached hydrogens (tertiary/aromatic N) is 1. The summed E-state index contributed by atoms with van der Waals surface area (Å²) in [5.41, 5.74) is 1.17. The van der Waals surface area contributed by atoms with Gasteiger partial charge in [-0.05, 0) is 50.6 Å². The highest BCUT2D eigenvalue weighted by molar-refractivity contribution is 7.90. The van der Waals surface area contributed by atoms with E-state index in [0.29, 0.717) is 17.0 Å². The van der Waals surface area contributed by atoms with Gasteiger partial charge >= 0.3 is 0 Å². The van der Waals surface area contributed by atoms with Gasteiger partial charge in [0.05, 0.1) is 4.90 Å². The van der Waals surface area contributed by atoms with Crippen molar-refractivity contribution in [2.45, 2.75) is 43.7 Å². The van der Waals surface area contributed by atoms with Crippen LogP contribution in [0.3, 0.4) is 0 Å². The van der Waals surface area contributed by atoms with Gasteiger partial charge < -0.3 is 5.32 Å². The zero-order valence-electron chi connectivity index (χ0n) is 13.2. The minimum absolute atomic E-state index is 0.297. The molecule has 1 aromatic rings. The van der Waals surface area contributed by atoms with E-state index in [0.717, 1.165) is 19.6 Å². The number of rotatable bonds is 6. The summed E-state index contributed by atoms with van der Waals surface area (Å²) in [7, 11) is -3.11. The van der Waals surface area contributed by atoms with E-state index in [4.69, 9.17) is 0 Å². The summed E-state index contributed by atoms with van der Waals surface area (Å²) in [6.45, 7) is 7.53. The van der Waals surface area contributed by atoms with Crippen LogP contribution in [0.2, 0.25) is 0 Å². The van der Waals surface area contributed by atoms with Crippen LogP contribution in [-0.2, 0) is 9.84 Å². The molecule has 0 amide bonds. The molecule has 1 N–H and O–H groups in total. The van der Waals surface area contributed by atoms with Crippen molar-refractivity contribution >= 4 is 9.84 Å². The maximum absolute atomic E-state index is 11.5. The standard InChI is InChI=1S/C16H26N2O2S/c1-4-18(12-15-6-5-11-17-15)13(2)14-7-9-16(10-8-14)21(3,19)20/h7-10,13,15,17H,4-6,11-12H2,1-3H3. The maximum atomic E-state index is 11.5. The van der Waals surface area contributed by atoms with Crippen molar-refractivity contribution in [2.24, 2.45) is 0 Å². The molecule has 2 rings (SSSR count). The van der Waals surface area contributed by atoms with Crippen molar-refractivity contribution in [3.05, 3.63) is 29.8 Å². The molecule has 2 atom stereocenters. The van der Waals surface area contributed by atoms with Gasteiger partial charge in [-0.2, -0.15) is 0 Å². The maximum Gasteiger partial charge on any atom is 0.175 e. The van der Waals surface area contributed by atoms with Gasteiger partial charge in [-0.15, -0.1) is 0 Å². The van der Waals surface area contributed by atoms with E-state index in [1.807, 2.05) is 12.1 Å². The highest BCUT2D eigenvalue weighted by Gasteiger charge is 2.21. The third-order valence-corrected chi connectivity index (χ3v) is 5.49. The summed E-state index contributed by atoms with van der Waals surface area (Å²) in [6.07, 6.45) is 3.76. The van der Waals surface area contributed by atoms with E-state index in [2.05, 4.69) is 24.1 Å². The van der Waals surface area contributed by atoms with Gasteiger partial charge in [-0.25, -0.2) is 8.42 Å². The van der Waals surface area contributed by atoms with Gasteiger partial charge in [-0.1, -0.05) is 19.1 Å². The fraction of sp³-hybridized carbons (Fsp3) is 0.625. The van der Waals surface area contributed by atoms with Gasteiger partial charge in [0.25, 0.3) is 0 Å². The van der Waals surface area contributed by atoms with E-state index in [9.17, 15) is 8.42 Å². The molecule has 118 valence electrons. The summed E-state index contributed by atoms with van der Waals surface area (Å²) >= 11 is 0. The first kappa shape index (κ1) is 16.5. The minimum atomic E-state index is -3.11. The second-order valence-corrected chi connectivity index (χ2v) is 7.91. The quantitative estimate of drug-likeness (QED) is 0.875. The first-order valence-electron chi connectivity index (χ1n) is 7.69. The first-order chi connectivity index (χ1) is 9.91. The Kier molecular flexibility index (Phi) is 5.41. The molecule has 0 radical (unpaired) electrons. The van der Waals surface area contributed by atoms with Crippen LogP contribution < -0.4 is 5.32 Å². The Labute approximate surface area is 128 Å². The minimum Gasteiger partial charge on any atom is -0.313 e. The zero-order chi connectivity index (χ0) is 15.5. The van der Waals surface area contributed by atoms with Crippen LogP contribution in [0.4, 0.5) is 0 Å². The molecule has 0 bridgehead atoms. The van der Waals surface area contributed by atoms with Crippen LogP contribution in [0.5, 0.6) is 0 Å². The summed E-state index contributed by atoms with van der Waals surface area (Å²) in [5, 5.41) is 3.54. The molecule has 1 aliphatic heterocycles. The SMILES string of the molecule is CCN(CC1CCCN1)C(C)c1ccc(S(C)(=O)=O)cc1. The number of benzene rings is 1. The summed E-state index contributed by atoms with van der Waals surface area (Å²) in [6, 6.07) is 8.18. The Balaban J connectivity index is 2.07. The van der Waals surface area contributed by atoms with Crippen molar-refractivity contribution in [2.75, 3.05) is 25.9 Å². The van der Waals surface area contributed by atoms with Gasteiger partial charge in [0, 0.05) is 24.9 Å². The smallest absolute Gasteiger partial charge is 0.175 e. The first-order valence-corrected chi connectivity index (χ1v) is 9.58. The van der Waals surface area contributed by atoms with Gasteiger partial charge in [0.2, 0.25) is 0 Å². The molecule has 1 aliphatic rings. The lowest BCUT2D eigenvalue weighted by Gasteiger charge is -2.30. The summed E-state index contributed by atoms with van der Waals surface area (Å²) in [5.74, 6) is 0. The van der Waals surface area contributed by atoms with Crippen molar-refractivity contribution in [3.8, 4) is 0 Å². The summed E-state index contributed by atoms with van der Waals surface area (Å²) in [4.78, 5) is 2.83. The lowest BCUT2D eigenvalue weighted by Crippen LogP contribution is -2.38. The predicted molar refractivity (Wildman–Crippen MR) is 86.2 cm³/mol. The second-order valence-electron chi connectivity index (χ2n) is 5.90. The van der Waals surface area contributed by atoms with Crippen molar-refractivity contribution in [3.63, 3.8) is 0 Å². The monoisotopic (exact) mass is 310 g/mol. The molecular formula is C16H26N2O2S. The highest BCUT2D eigenvalue weighted by Crippen LogP contribution is 2.23. The Morgan fingerprint density at radius 2 is 2.00 bits per heavy atom. The largest absolute Gasteiger partial charge is 0.313 e. The molecule has 0 saturated carbocycles. The van der Waals surface area contributed by atoms with Crippen molar-refractivity contribution in [1.29, 1.82) is 0 Å². The highest BCUT2D eigenvalue weighted by atomic mass is 32.2. The predicted octanol–water partition coefficient (Wildman–Crippen LogP) is 2.22. The third kappa shape index (κ3) is 4.28. The van der Waals surface area contributed by atoms with Crippen LogP contribution >= 0.6 is 0 Å². The lowest BCUT2D eigenvalue weighted by atomic mass is 10.1. The number of likely N-dealkylation sites (N-methyl/N-ethyl adjacent to an activating group) is 1. The molecule has 2 unspecified atom stereocenters. The molecular weight excluding hydrogens is 284 g/mol. The van der Waals surface area contributed by atoms with Crippen LogP contribution in [0.15, 0.2) is 29.2 Å². The molecule has 5 heteroatoms. The Bertz CT molecular complexity index is 548. The molecule has 0 aliphatic carbocycles. The lowest BCUT2D eigenvalue weighted by molar-refractivity contribution is 0.202. The molecule has 1 fully saturated rings. The van der Waals surface area contributed by atoms with E-state index in [1.54, 1.807) is 12.1 Å². The Hall–Kier alpha value is -0.910. The number of sulfone groups is 1. The average molecular weight is 310 g/mol. The normalized spacial score (nSPS) is 20.9. The van der Waals surface area contributed by atoms with Crippen LogP contribution in [0, 0.1) is 0 Å². The van der Waals surface area contributed by atoms with Gasteiger partial charge in [-0.3, -0.25) is 4.90 Å². The molecule has 1 aromatic carbocycles. The molecule has 1 saturated heterocycles. The van der Waals surface area contributed by atoms with E-state index in [-0.39, 0.29) is 0 Å². The van der Waals surface area contributed by atoms with Gasteiger partial charge in [0.1, 0.15) is 0 Å². The van der Waals surface area contributed by atoms with Crippen LogP contribution in [0.1, 0.15) is 38.3 Å². The zero-order valence-corrected chi connectivity index (χ0v) is 14.0. The number of nitrogens with one attached hydrogen (secondary N) is 1. The molecule has 4 nitrogen and oxygen atoms in total. The van der Waals surface area contributed by atoms with Crippen LogP contribution in [-0.4, -0.2) is 45.2 Å². The Morgan fingerprint density at radius 3 is 2.48 bits per heavy atom. The molecule has 21 heavy (non-hydrogen) atoms. The van der Waals surface area contributed by atoms with E-state index in [1.165, 1.54) is 24.7 Å². The topological polar surface area (TPSA) is 49.4 Å². The van der Waals surface area contributed by atoms with E-state index < -0.39 is 9.84 Å². The van der Waals surface area contributed by atoms with Crippen molar-refractivity contribution in [1.82, 2.24) is 10.2 Å². The fourth-order valence-corrected chi connectivity index (χ4v) is 3.59. The fourth-order valence-electron chi connectivity index (χ4n) is 2.96. The molecule has 0 spiro atoms. The van der Waals surface area contributed by atoms with Crippen LogP contribution in [0.25, 0.3) is 0 Å². The number of hydrogen-bond donors (Lipinski definition) is 1. The third-order valence-electron chi connectivity index (χ3n) is 4.36. The summed E-state index contributed by atoms with van der Waals surface area (Å²) < 4.78 is 23.0. The molecule has 0 aromatic heterocycles. The number of hydrogen-bond acceptors (Lipinski definition) is 4. The van der Waals surface area contributed by atoms with Gasteiger partial charge in [0.15, 0.2) is 9.84 Å². The van der Waals surface area contributed by atoms with Crippen molar-refractivity contribution < 1.29 is 8.42 Å². The molecule has 1 heterocycles.